The van der Waals surface area contributed by atoms with Crippen LogP contribution in [0, 0.1) is 0 Å². The highest BCUT2D eigenvalue weighted by molar-refractivity contribution is 5.75. The molecule has 0 spiro atoms. The lowest BCUT2D eigenvalue weighted by molar-refractivity contribution is 0.205. The van der Waals surface area contributed by atoms with Gasteiger partial charge in [-0.2, -0.15) is 4.98 Å². The van der Waals surface area contributed by atoms with Crippen molar-refractivity contribution in [3.8, 4) is 11.8 Å². The Morgan fingerprint density at radius 2 is 1.86 bits per heavy atom. The minimum absolute atomic E-state index is 0.0130. The van der Waals surface area contributed by atoms with E-state index in [0.717, 1.165) is 5.75 Å². The summed E-state index contributed by atoms with van der Waals surface area (Å²) in [5, 5.41) is 0.268. The summed E-state index contributed by atoms with van der Waals surface area (Å²) in [7, 11) is 0. The lowest BCUT2D eigenvalue weighted by atomic mass is 9.87. The Bertz CT molecular complexity index is 1090. The lowest BCUT2D eigenvalue weighted by Gasteiger charge is -2.19. The van der Waals surface area contributed by atoms with Gasteiger partial charge >= 0.3 is 5.63 Å². The van der Waals surface area contributed by atoms with E-state index in [9.17, 15) is 9.59 Å². The van der Waals surface area contributed by atoms with Gasteiger partial charge in [-0.1, -0.05) is 39.8 Å². The van der Waals surface area contributed by atoms with Crippen LogP contribution in [0.25, 0.3) is 11.1 Å². The number of benzene rings is 1. The molecule has 0 aliphatic rings. The van der Waals surface area contributed by atoms with Crippen LogP contribution < -0.4 is 20.7 Å². The van der Waals surface area contributed by atoms with Crippen LogP contribution in [0.2, 0.25) is 0 Å². The number of aryl methyl sites for hydroxylation is 1. The first kappa shape index (κ1) is 19.7. The summed E-state index contributed by atoms with van der Waals surface area (Å²) in [5.74, 6) is 0.745. The smallest absolute Gasteiger partial charge is 0.337 e. The predicted molar refractivity (Wildman–Crippen MR) is 106 cm³/mol. The molecule has 7 nitrogen and oxygen atoms in total. The highest BCUT2D eigenvalue weighted by Gasteiger charge is 2.14. The first-order valence-corrected chi connectivity index (χ1v) is 9.21. The third-order valence-corrected chi connectivity index (χ3v) is 4.35. The van der Waals surface area contributed by atoms with Crippen molar-refractivity contribution < 1.29 is 13.9 Å². The molecule has 0 amide bonds. The molecule has 2 aromatic heterocycles. The summed E-state index contributed by atoms with van der Waals surface area (Å²) in [5.41, 5.74) is 0.824. The van der Waals surface area contributed by atoms with Gasteiger partial charge in [0.25, 0.3) is 11.6 Å². The highest BCUT2D eigenvalue weighted by Crippen LogP contribution is 2.25. The number of fused-ring (bicyclic) bond motifs is 1. The van der Waals surface area contributed by atoms with Crippen molar-refractivity contribution in [3.63, 3.8) is 0 Å². The zero-order valence-electron chi connectivity index (χ0n) is 16.5. The number of H-pyrrole nitrogens is 1. The van der Waals surface area contributed by atoms with Gasteiger partial charge in [0, 0.05) is 6.07 Å². The summed E-state index contributed by atoms with van der Waals surface area (Å²) < 4.78 is 16.2. The third-order valence-electron chi connectivity index (χ3n) is 4.35. The van der Waals surface area contributed by atoms with Gasteiger partial charge < -0.3 is 13.9 Å². The molecular formula is C21H24N2O5. The fourth-order valence-corrected chi connectivity index (χ4v) is 2.83. The van der Waals surface area contributed by atoms with E-state index in [2.05, 4.69) is 36.8 Å². The second kappa shape index (κ2) is 7.88. The van der Waals surface area contributed by atoms with Gasteiger partial charge in [0.15, 0.2) is 0 Å². The quantitative estimate of drug-likeness (QED) is 0.656. The fraction of sp³-hybridized carbons (Fsp3) is 0.381. The van der Waals surface area contributed by atoms with Gasteiger partial charge in [0.1, 0.15) is 24.3 Å². The fourth-order valence-electron chi connectivity index (χ4n) is 2.83. The number of nitrogens with one attached hydrogen (secondary N) is 1. The van der Waals surface area contributed by atoms with Crippen molar-refractivity contribution in [2.45, 2.75) is 39.5 Å². The average Bonchev–Trinajstić information content (AvgIpc) is 2.63. The van der Waals surface area contributed by atoms with Crippen molar-refractivity contribution in [1.82, 2.24) is 9.97 Å². The molecule has 28 heavy (non-hydrogen) atoms. The van der Waals surface area contributed by atoms with Crippen molar-refractivity contribution in [2.24, 2.45) is 0 Å². The molecule has 2 heterocycles. The van der Waals surface area contributed by atoms with E-state index < -0.39 is 11.2 Å². The van der Waals surface area contributed by atoms with Crippen molar-refractivity contribution in [2.75, 3.05) is 13.2 Å². The average molecular weight is 384 g/mol. The Hall–Kier alpha value is -3.09. The largest absolute Gasteiger partial charge is 0.490 e. The third kappa shape index (κ3) is 4.42. The van der Waals surface area contributed by atoms with Gasteiger partial charge in [0.05, 0.1) is 0 Å². The molecule has 0 unspecified atom stereocenters. The Kier molecular flexibility index (Phi) is 5.53. The van der Waals surface area contributed by atoms with E-state index in [1.807, 2.05) is 25.1 Å². The zero-order chi connectivity index (χ0) is 20.3. The molecule has 0 saturated heterocycles. The SMILES string of the molecule is CCc1cc(=O)oc2nc(OCCOc3cccc(C(C)(C)C)c3)[nH]c(=O)c12. The zero-order valence-corrected chi connectivity index (χ0v) is 16.5. The molecule has 148 valence electrons. The number of rotatable bonds is 6. The molecule has 0 saturated carbocycles. The monoisotopic (exact) mass is 384 g/mol. The topological polar surface area (TPSA) is 94.4 Å². The Labute approximate surface area is 162 Å². The van der Waals surface area contributed by atoms with E-state index in [1.54, 1.807) is 0 Å². The Balaban J connectivity index is 1.68. The second-order valence-electron chi connectivity index (χ2n) is 7.47. The summed E-state index contributed by atoms with van der Waals surface area (Å²) in [4.78, 5) is 30.6. The minimum atomic E-state index is -0.546. The van der Waals surface area contributed by atoms with E-state index in [1.165, 1.54) is 11.6 Å². The van der Waals surface area contributed by atoms with Gasteiger partial charge in [-0.3, -0.25) is 9.78 Å². The van der Waals surface area contributed by atoms with Gasteiger partial charge in [-0.25, -0.2) is 4.79 Å². The molecule has 0 aliphatic heterocycles. The number of ether oxygens (including phenoxy) is 2. The van der Waals surface area contributed by atoms with E-state index in [-0.39, 0.29) is 35.7 Å². The molecule has 0 aliphatic carbocycles. The molecule has 3 aromatic rings. The number of aromatic amines is 1. The van der Waals surface area contributed by atoms with Crippen LogP contribution in [-0.4, -0.2) is 23.2 Å². The van der Waals surface area contributed by atoms with Crippen LogP contribution in [0.4, 0.5) is 0 Å². The molecular weight excluding hydrogens is 360 g/mol. The molecule has 0 bridgehead atoms. The minimum Gasteiger partial charge on any atom is -0.490 e. The van der Waals surface area contributed by atoms with Crippen LogP contribution in [0.15, 0.2) is 44.3 Å². The normalized spacial score (nSPS) is 11.6. The van der Waals surface area contributed by atoms with Gasteiger partial charge in [-0.15, -0.1) is 0 Å². The first-order valence-electron chi connectivity index (χ1n) is 9.21. The van der Waals surface area contributed by atoms with Crippen LogP contribution in [0.3, 0.4) is 0 Å². The van der Waals surface area contributed by atoms with Crippen molar-refractivity contribution in [1.29, 1.82) is 0 Å². The van der Waals surface area contributed by atoms with Gasteiger partial charge in [-0.05, 0) is 35.1 Å². The highest BCUT2D eigenvalue weighted by atomic mass is 16.5. The maximum atomic E-state index is 12.3. The number of nitrogens with zero attached hydrogens (tertiary/aromatic N) is 1. The molecule has 3 rings (SSSR count). The summed E-state index contributed by atoms with van der Waals surface area (Å²) >= 11 is 0. The van der Waals surface area contributed by atoms with E-state index in [0.29, 0.717) is 12.0 Å². The summed E-state index contributed by atoms with van der Waals surface area (Å²) in [6.45, 7) is 8.71. The van der Waals surface area contributed by atoms with Crippen molar-refractivity contribution >= 4 is 11.1 Å². The number of hydrogen-bond acceptors (Lipinski definition) is 6. The van der Waals surface area contributed by atoms with Crippen LogP contribution >= 0.6 is 0 Å². The standard InChI is InChI=1S/C21H24N2O5/c1-5-13-11-16(24)28-19-17(13)18(25)22-20(23-19)27-10-9-26-15-8-6-7-14(12-15)21(2,3)4/h6-8,11-12H,5,9-10H2,1-4H3,(H,22,23,25). The van der Waals surface area contributed by atoms with E-state index >= 15 is 0 Å². The molecule has 0 atom stereocenters. The maximum absolute atomic E-state index is 12.3. The molecule has 1 aromatic carbocycles. The summed E-state index contributed by atoms with van der Waals surface area (Å²) in [6.07, 6.45) is 0.522. The van der Waals surface area contributed by atoms with Gasteiger partial charge in [0.2, 0.25) is 5.71 Å². The molecule has 1 N–H and O–H groups in total. The lowest BCUT2D eigenvalue weighted by Crippen LogP contribution is -2.17. The Morgan fingerprint density at radius 1 is 1.11 bits per heavy atom. The van der Waals surface area contributed by atoms with E-state index in [4.69, 9.17) is 13.9 Å². The predicted octanol–water partition coefficient (Wildman–Crippen LogP) is 3.19. The first-order chi connectivity index (χ1) is 13.3. The van der Waals surface area contributed by atoms with Crippen LogP contribution in [0.5, 0.6) is 11.8 Å². The summed E-state index contributed by atoms with van der Waals surface area (Å²) in [6, 6.07) is 9.18. The molecule has 0 radical (unpaired) electrons. The van der Waals surface area contributed by atoms with Crippen LogP contribution in [0.1, 0.15) is 38.8 Å². The van der Waals surface area contributed by atoms with Crippen LogP contribution in [-0.2, 0) is 11.8 Å². The number of hydrogen-bond donors (Lipinski definition) is 1. The molecule has 0 fully saturated rings. The second-order valence-corrected chi connectivity index (χ2v) is 7.47. The van der Waals surface area contributed by atoms with Crippen molar-refractivity contribution in [3.05, 3.63) is 62.2 Å². The molecule has 7 heteroatoms. The Morgan fingerprint density at radius 3 is 2.57 bits per heavy atom. The number of aromatic nitrogens is 2. The maximum Gasteiger partial charge on any atom is 0.337 e.